The molecule has 0 spiro atoms. The first-order valence-corrected chi connectivity index (χ1v) is 10.1. The molecule has 2 N–H and O–H groups in total. The first-order valence-electron chi connectivity index (χ1n) is 8.60. The largest absolute Gasteiger partial charge is 0.490 e. The van der Waals surface area contributed by atoms with Gasteiger partial charge < -0.3 is 9.47 Å². The first kappa shape index (κ1) is 18.2. The minimum atomic E-state index is -4.00. The molecule has 28 heavy (non-hydrogen) atoms. The molecule has 0 unspecified atom stereocenters. The van der Waals surface area contributed by atoms with Crippen LogP contribution in [-0.4, -0.2) is 32.5 Å². The van der Waals surface area contributed by atoms with Gasteiger partial charge in [0, 0.05) is 17.9 Å². The van der Waals surface area contributed by atoms with Gasteiger partial charge in [0.15, 0.2) is 11.5 Å². The topological polar surface area (TPSA) is 107 Å². The summed E-state index contributed by atoms with van der Waals surface area (Å²) < 4.78 is 36.0. The number of hydrogen-bond donors (Lipinski definition) is 2. The second-order valence-corrected chi connectivity index (χ2v) is 7.79. The van der Waals surface area contributed by atoms with Crippen LogP contribution >= 0.6 is 0 Å². The van der Waals surface area contributed by atoms with Gasteiger partial charge in [-0.1, -0.05) is 24.3 Å². The second kappa shape index (κ2) is 7.45. The number of para-hydroxylation sites is 1. The van der Waals surface area contributed by atoms with Crippen molar-refractivity contribution in [1.82, 2.24) is 15.2 Å². The van der Waals surface area contributed by atoms with Crippen LogP contribution < -0.4 is 19.7 Å². The Morgan fingerprint density at radius 1 is 0.964 bits per heavy atom. The highest BCUT2D eigenvalue weighted by atomic mass is 32.2. The summed E-state index contributed by atoms with van der Waals surface area (Å²) in [6.45, 7) is 0.945. The number of amides is 1. The lowest BCUT2D eigenvalue weighted by Gasteiger charge is -2.11. The quantitative estimate of drug-likeness (QED) is 0.650. The lowest BCUT2D eigenvalue weighted by molar-refractivity contribution is 0.0940. The van der Waals surface area contributed by atoms with Gasteiger partial charge in [-0.05, 0) is 24.3 Å². The van der Waals surface area contributed by atoms with Gasteiger partial charge >= 0.3 is 0 Å². The van der Waals surface area contributed by atoms with Gasteiger partial charge in [0.2, 0.25) is 0 Å². The molecule has 1 amide bonds. The predicted molar refractivity (Wildman–Crippen MR) is 102 cm³/mol. The van der Waals surface area contributed by atoms with E-state index in [2.05, 4.69) is 15.2 Å². The molecule has 144 valence electrons. The van der Waals surface area contributed by atoms with E-state index in [0.29, 0.717) is 36.7 Å². The third-order valence-corrected chi connectivity index (χ3v) is 5.40. The van der Waals surface area contributed by atoms with Crippen molar-refractivity contribution in [3.8, 4) is 11.5 Å². The van der Waals surface area contributed by atoms with Crippen molar-refractivity contribution in [2.75, 3.05) is 13.2 Å². The number of carbonyl (C=O) groups excluding carboxylic acids is 1. The van der Waals surface area contributed by atoms with E-state index in [0.717, 1.165) is 5.39 Å². The molecule has 0 radical (unpaired) electrons. The zero-order valence-corrected chi connectivity index (χ0v) is 15.5. The SMILES string of the molecule is O=C(NNS(=O)(=O)c1ccc2c(c1)OCCCO2)c1ccc2ccccc2n1. The summed E-state index contributed by atoms with van der Waals surface area (Å²) in [5, 5.41) is 0.881. The van der Waals surface area contributed by atoms with Gasteiger partial charge in [0.05, 0.1) is 23.6 Å². The molecule has 8 nitrogen and oxygen atoms in total. The molecule has 1 aliphatic heterocycles. The van der Waals surface area contributed by atoms with E-state index in [9.17, 15) is 13.2 Å². The number of aromatic nitrogens is 1. The van der Waals surface area contributed by atoms with Crippen molar-refractivity contribution in [2.24, 2.45) is 0 Å². The maximum Gasteiger partial charge on any atom is 0.284 e. The number of carbonyl (C=O) groups is 1. The third-order valence-electron chi connectivity index (χ3n) is 4.16. The van der Waals surface area contributed by atoms with Crippen LogP contribution in [0.1, 0.15) is 16.9 Å². The van der Waals surface area contributed by atoms with Crippen LogP contribution in [0.15, 0.2) is 59.5 Å². The van der Waals surface area contributed by atoms with Crippen molar-refractivity contribution >= 4 is 26.8 Å². The molecule has 0 bridgehead atoms. The molecule has 9 heteroatoms. The third kappa shape index (κ3) is 3.75. The number of nitrogens with one attached hydrogen (secondary N) is 2. The van der Waals surface area contributed by atoms with Crippen molar-refractivity contribution in [2.45, 2.75) is 11.3 Å². The molecule has 4 rings (SSSR count). The zero-order valence-electron chi connectivity index (χ0n) is 14.7. The number of fused-ring (bicyclic) bond motifs is 2. The van der Waals surface area contributed by atoms with Crippen molar-refractivity contribution in [3.05, 3.63) is 60.3 Å². The zero-order chi connectivity index (χ0) is 19.6. The van der Waals surface area contributed by atoms with Crippen LogP contribution in [0.25, 0.3) is 10.9 Å². The van der Waals surface area contributed by atoms with E-state index < -0.39 is 15.9 Å². The summed E-state index contributed by atoms with van der Waals surface area (Å²) in [7, 11) is -4.00. The molecule has 0 atom stereocenters. The Balaban J connectivity index is 1.50. The summed E-state index contributed by atoms with van der Waals surface area (Å²) in [5.41, 5.74) is 2.92. The molecule has 0 saturated carbocycles. The number of nitrogens with zero attached hydrogens (tertiary/aromatic N) is 1. The Labute approximate surface area is 161 Å². The lowest BCUT2D eigenvalue weighted by Crippen LogP contribution is -2.41. The fourth-order valence-electron chi connectivity index (χ4n) is 2.74. The Bertz CT molecular complexity index is 1150. The lowest BCUT2D eigenvalue weighted by atomic mass is 10.2. The Morgan fingerprint density at radius 3 is 2.61 bits per heavy atom. The van der Waals surface area contributed by atoms with E-state index in [4.69, 9.17) is 9.47 Å². The number of hydrogen-bond acceptors (Lipinski definition) is 6. The maximum absolute atomic E-state index is 12.5. The molecular formula is C19H17N3O5S. The van der Waals surface area contributed by atoms with E-state index in [-0.39, 0.29) is 10.6 Å². The average molecular weight is 399 g/mol. The average Bonchev–Trinajstić information content (AvgIpc) is 2.96. The van der Waals surface area contributed by atoms with Crippen LogP contribution in [0.5, 0.6) is 11.5 Å². The van der Waals surface area contributed by atoms with Gasteiger partial charge in [-0.2, -0.15) is 0 Å². The van der Waals surface area contributed by atoms with Crippen LogP contribution in [0.4, 0.5) is 0 Å². The van der Waals surface area contributed by atoms with Crippen LogP contribution in [0.3, 0.4) is 0 Å². The summed E-state index contributed by atoms with van der Waals surface area (Å²) in [6.07, 6.45) is 0.712. The Morgan fingerprint density at radius 2 is 1.75 bits per heavy atom. The minimum absolute atomic E-state index is 0.0523. The van der Waals surface area contributed by atoms with E-state index >= 15 is 0 Å². The molecule has 1 aliphatic rings. The Kier molecular flexibility index (Phi) is 4.84. The molecule has 0 fully saturated rings. The van der Waals surface area contributed by atoms with Crippen LogP contribution in [0.2, 0.25) is 0 Å². The van der Waals surface area contributed by atoms with Crippen LogP contribution in [0, 0.1) is 0 Å². The van der Waals surface area contributed by atoms with E-state index in [1.54, 1.807) is 12.1 Å². The van der Waals surface area contributed by atoms with E-state index in [1.165, 1.54) is 24.3 Å². The molecule has 0 saturated heterocycles. The number of benzene rings is 2. The molecule has 2 heterocycles. The Hall–Kier alpha value is -3.17. The highest BCUT2D eigenvalue weighted by Gasteiger charge is 2.20. The maximum atomic E-state index is 12.5. The van der Waals surface area contributed by atoms with Crippen molar-refractivity contribution in [3.63, 3.8) is 0 Å². The van der Waals surface area contributed by atoms with Gasteiger partial charge in [-0.25, -0.2) is 13.4 Å². The summed E-state index contributed by atoms with van der Waals surface area (Å²) >= 11 is 0. The van der Waals surface area contributed by atoms with Crippen molar-refractivity contribution in [1.29, 1.82) is 0 Å². The number of rotatable bonds is 4. The molecule has 3 aromatic rings. The summed E-state index contributed by atoms with van der Waals surface area (Å²) in [4.78, 5) is 18.6. The van der Waals surface area contributed by atoms with Gasteiger partial charge in [-0.3, -0.25) is 10.2 Å². The van der Waals surface area contributed by atoms with Gasteiger partial charge in [0.25, 0.3) is 15.9 Å². The number of pyridine rings is 1. The predicted octanol–water partition coefficient (Wildman–Crippen LogP) is 2.02. The summed E-state index contributed by atoms with van der Waals surface area (Å²) in [5.74, 6) is 0.174. The van der Waals surface area contributed by atoms with Crippen molar-refractivity contribution < 1.29 is 22.7 Å². The standard InChI is InChI=1S/C19H17N3O5S/c23-19(16-8-6-13-4-1-2-5-15(13)20-16)21-22-28(24,25)14-7-9-17-18(12-14)27-11-3-10-26-17/h1-2,4-9,12,22H,3,10-11H2,(H,21,23). The molecule has 2 aromatic carbocycles. The summed E-state index contributed by atoms with van der Waals surface area (Å²) in [6, 6.07) is 14.9. The van der Waals surface area contributed by atoms with Crippen LogP contribution in [-0.2, 0) is 10.0 Å². The number of ether oxygens (including phenoxy) is 2. The fourth-order valence-corrected chi connectivity index (χ4v) is 3.59. The highest BCUT2D eigenvalue weighted by Crippen LogP contribution is 2.31. The minimum Gasteiger partial charge on any atom is -0.490 e. The number of sulfonamides is 1. The van der Waals surface area contributed by atoms with E-state index in [1.807, 2.05) is 18.2 Å². The molecular weight excluding hydrogens is 382 g/mol. The molecule has 1 aromatic heterocycles. The molecule has 0 aliphatic carbocycles. The highest BCUT2D eigenvalue weighted by molar-refractivity contribution is 7.89. The van der Waals surface area contributed by atoms with Gasteiger partial charge in [-0.15, -0.1) is 4.83 Å². The fraction of sp³-hybridized carbons (Fsp3) is 0.158. The number of hydrazine groups is 1. The smallest absolute Gasteiger partial charge is 0.284 e. The normalized spacial score (nSPS) is 13.7. The van der Waals surface area contributed by atoms with Gasteiger partial charge in [0.1, 0.15) is 5.69 Å². The monoisotopic (exact) mass is 399 g/mol. The second-order valence-electron chi connectivity index (χ2n) is 6.11. The first-order chi connectivity index (χ1) is 13.5.